The fourth-order valence-corrected chi connectivity index (χ4v) is 2.54. The molecule has 0 radical (unpaired) electrons. The molecule has 0 spiro atoms. The summed E-state index contributed by atoms with van der Waals surface area (Å²) in [6, 6.07) is 14.6. The van der Waals surface area contributed by atoms with Crippen LogP contribution < -0.4 is 10.6 Å². The van der Waals surface area contributed by atoms with Gasteiger partial charge >= 0.3 is 6.18 Å². The third kappa shape index (κ3) is 4.55. The van der Waals surface area contributed by atoms with Gasteiger partial charge in [-0.05, 0) is 42.7 Å². The van der Waals surface area contributed by atoms with E-state index in [1.165, 1.54) is 0 Å². The van der Waals surface area contributed by atoms with E-state index >= 15 is 0 Å². The number of nitrogens with one attached hydrogen (secondary N) is 2. The van der Waals surface area contributed by atoms with Crippen LogP contribution in [0, 0.1) is 6.92 Å². The topological polar surface area (TPSA) is 49.8 Å². The number of hydrogen-bond donors (Lipinski definition) is 2. The van der Waals surface area contributed by atoms with E-state index in [9.17, 15) is 13.2 Å². The molecule has 3 aromatic rings. The van der Waals surface area contributed by atoms with E-state index in [4.69, 9.17) is 0 Å². The van der Waals surface area contributed by atoms with Crippen molar-refractivity contribution in [3.05, 3.63) is 71.4 Å². The van der Waals surface area contributed by atoms with Crippen LogP contribution in [0.15, 0.2) is 54.7 Å². The first-order valence-electron chi connectivity index (χ1n) is 8.49. The number of anilines is 4. The van der Waals surface area contributed by atoms with Crippen LogP contribution in [-0.2, 0) is 12.6 Å². The Bertz CT molecular complexity index is 921. The Labute approximate surface area is 155 Å². The van der Waals surface area contributed by atoms with Crippen LogP contribution >= 0.6 is 0 Å². The van der Waals surface area contributed by atoms with Gasteiger partial charge < -0.3 is 10.6 Å². The van der Waals surface area contributed by atoms with Crippen LogP contribution in [0.4, 0.5) is 36.3 Å². The summed E-state index contributed by atoms with van der Waals surface area (Å²) in [5.74, 6) is -0.206. The SMILES string of the molecule is CCc1ccc(Nc2ncc(C(F)(F)F)c(Nc3ccccc3C)n2)cc1. The van der Waals surface area contributed by atoms with Crippen molar-refractivity contribution >= 4 is 23.1 Å². The number of aryl methyl sites for hydroxylation is 2. The maximum Gasteiger partial charge on any atom is 0.421 e. The van der Waals surface area contributed by atoms with Gasteiger partial charge in [0.1, 0.15) is 11.4 Å². The van der Waals surface area contributed by atoms with Gasteiger partial charge in [0.15, 0.2) is 0 Å². The molecule has 0 saturated heterocycles. The summed E-state index contributed by atoms with van der Waals surface area (Å²) < 4.78 is 40.1. The van der Waals surface area contributed by atoms with Gasteiger partial charge in [-0.1, -0.05) is 37.3 Å². The Morgan fingerprint density at radius 3 is 2.30 bits per heavy atom. The summed E-state index contributed by atoms with van der Waals surface area (Å²) in [5.41, 5.74) is 2.32. The second kappa shape index (κ2) is 7.65. The number of benzene rings is 2. The third-order valence-corrected chi connectivity index (χ3v) is 4.11. The molecule has 0 aliphatic rings. The van der Waals surface area contributed by atoms with Crippen molar-refractivity contribution in [1.82, 2.24) is 9.97 Å². The number of halogens is 3. The molecular formula is C20H19F3N4. The van der Waals surface area contributed by atoms with E-state index in [1.54, 1.807) is 12.1 Å². The van der Waals surface area contributed by atoms with Crippen LogP contribution in [0.5, 0.6) is 0 Å². The lowest BCUT2D eigenvalue weighted by Gasteiger charge is -2.16. The van der Waals surface area contributed by atoms with E-state index < -0.39 is 11.7 Å². The highest BCUT2D eigenvalue weighted by Gasteiger charge is 2.35. The van der Waals surface area contributed by atoms with Crippen LogP contribution in [0.2, 0.25) is 0 Å². The van der Waals surface area contributed by atoms with Gasteiger partial charge in [0, 0.05) is 17.6 Å². The minimum absolute atomic E-state index is 0.0864. The molecule has 4 nitrogen and oxygen atoms in total. The maximum absolute atomic E-state index is 13.4. The van der Waals surface area contributed by atoms with Gasteiger partial charge in [-0.3, -0.25) is 0 Å². The van der Waals surface area contributed by atoms with Crippen molar-refractivity contribution < 1.29 is 13.2 Å². The maximum atomic E-state index is 13.4. The minimum Gasteiger partial charge on any atom is -0.339 e. The molecule has 0 aliphatic carbocycles. The lowest BCUT2D eigenvalue weighted by Crippen LogP contribution is -2.13. The van der Waals surface area contributed by atoms with Gasteiger partial charge in [0.05, 0.1) is 0 Å². The highest BCUT2D eigenvalue weighted by molar-refractivity contribution is 5.65. The second-order valence-corrected chi connectivity index (χ2v) is 6.07. The molecule has 3 rings (SSSR count). The number of hydrogen-bond acceptors (Lipinski definition) is 4. The quantitative estimate of drug-likeness (QED) is 0.589. The van der Waals surface area contributed by atoms with Crippen molar-refractivity contribution in [2.24, 2.45) is 0 Å². The molecule has 0 aliphatic heterocycles. The highest BCUT2D eigenvalue weighted by Crippen LogP contribution is 2.35. The molecule has 0 bridgehead atoms. The Balaban J connectivity index is 1.93. The summed E-state index contributed by atoms with van der Waals surface area (Å²) in [7, 11) is 0. The third-order valence-electron chi connectivity index (χ3n) is 4.11. The summed E-state index contributed by atoms with van der Waals surface area (Å²) in [5, 5.41) is 5.73. The molecule has 2 aromatic carbocycles. The lowest BCUT2D eigenvalue weighted by molar-refractivity contribution is -0.137. The largest absolute Gasteiger partial charge is 0.421 e. The minimum atomic E-state index is -4.56. The molecule has 0 saturated carbocycles. The predicted octanol–water partition coefficient (Wildman–Crippen LogP) is 5.85. The average molecular weight is 372 g/mol. The molecule has 27 heavy (non-hydrogen) atoms. The van der Waals surface area contributed by atoms with Gasteiger partial charge in [0.2, 0.25) is 5.95 Å². The van der Waals surface area contributed by atoms with E-state index in [2.05, 4.69) is 20.6 Å². The normalized spacial score (nSPS) is 11.3. The molecular weight excluding hydrogens is 353 g/mol. The van der Waals surface area contributed by atoms with Crippen molar-refractivity contribution in [2.75, 3.05) is 10.6 Å². The highest BCUT2D eigenvalue weighted by atomic mass is 19.4. The van der Waals surface area contributed by atoms with Gasteiger partial charge in [-0.2, -0.15) is 18.2 Å². The number of rotatable bonds is 5. The van der Waals surface area contributed by atoms with Gasteiger partial charge in [-0.25, -0.2) is 4.98 Å². The summed E-state index contributed by atoms with van der Waals surface area (Å²) in [4.78, 5) is 7.89. The summed E-state index contributed by atoms with van der Waals surface area (Å²) in [6.45, 7) is 3.86. The van der Waals surface area contributed by atoms with Crippen LogP contribution in [-0.4, -0.2) is 9.97 Å². The van der Waals surface area contributed by atoms with E-state index in [0.717, 1.165) is 23.7 Å². The molecule has 0 atom stereocenters. The number of nitrogens with zero attached hydrogens (tertiary/aromatic N) is 2. The average Bonchev–Trinajstić information content (AvgIpc) is 2.63. The number of alkyl halides is 3. The van der Waals surface area contributed by atoms with E-state index in [1.807, 2.05) is 50.2 Å². The van der Waals surface area contributed by atoms with Crippen molar-refractivity contribution in [2.45, 2.75) is 26.4 Å². The van der Waals surface area contributed by atoms with Crippen LogP contribution in [0.3, 0.4) is 0 Å². The van der Waals surface area contributed by atoms with Crippen molar-refractivity contribution in [3.63, 3.8) is 0 Å². The molecule has 1 heterocycles. The number of para-hydroxylation sites is 1. The molecule has 0 fully saturated rings. The molecule has 140 valence electrons. The first-order valence-corrected chi connectivity index (χ1v) is 8.49. The van der Waals surface area contributed by atoms with Gasteiger partial charge in [0.25, 0.3) is 0 Å². The molecule has 2 N–H and O–H groups in total. The monoisotopic (exact) mass is 372 g/mol. The molecule has 0 amide bonds. The zero-order valence-corrected chi connectivity index (χ0v) is 14.9. The van der Waals surface area contributed by atoms with Crippen molar-refractivity contribution in [3.8, 4) is 0 Å². The number of aromatic nitrogens is 2. The van der Waals surface area contributed by atoms with E-state index in [0.29, 0.717) is 11.4 Å². The first kappa shape index (κ1) is 18.7. The standard InChI is InChI=1S/C20H19F3N4/c1-3-14-8-10-15(11-9-14)25-19-24-12-16(20(21,22)23)18(27-19)26-17-7-5-4-6-13(17)2/h4-12H,3H2,1-2H3,(H2,24,25,26,27). The summed E-state index contributed by atoms with van der Waals surface area (Å²) in [6.07, 6.45) is -2.87. The van der Waals surface area contributed by atoms with E-state index in [-0.39, 0.29) is 11.8 Å². The molecule has 7 heteroatoms. The van der Waals surface area contributed by atoms with Crippen LogP contribution in [0.1, 0.15) is 23.6 Å². The Morgan fingerprint density at radius 2 is 1.67 bits per heavy atom. The second-order valence-electron chi connectivity index (χ2n) is 6.07. The Kier molecular flexibility index (Phi) is 5.30. The first-order chi connectivity index (χ1) is 12.9. The smallest absolute Gasteiger partial charge is 0.339 e. The predicted molar refractivity (Wildman–Crippen MR) is 101 cm³/mol. The van der Waals surface area contributed by atoms with Crippen molar-refractivity contribution in [1.29, 1.82) is 0 Å². The molecule has 0 unspecified atom stereocenters. The van der Waals surface area contributed by atoms with Crippen LogP contribution in [0.25, 0.3) is 0 Å². The Hall–Kier alpha value is -3.09. The molecule has 1 aromatic heterocycles. The van der Waals surface area contributed by atoms with Gasteiger partial charge in [-0.15, -0.1) is 0 Å². The Morgan fingerprint density at radius 1 is 0.963 bits per heavy atom. The zero-order chi connectivity index (χ0) is 19.4. The zero-order valence-electron chi connectivity index (χ0n) is 14.9. The lowest BCUT2D eigenvalue weighted by atomic mass is 10.1. The fraction of sp³-hybridized carbons (Fsp3) is 0.200. The summed E-state index contributed by atoms with van der Waals surface area (Å²) >= 11 is 0. The fourth-order valence-electron chi connectivity index (χ4n) is 2.54.